The second-order valence-electron chi connectivity index (χ2n) is 4.32. The SMILES string of the molecule is Cc1ccc(S(=O)(=O)OC(C(F)(F)F)C(F)(F)S(=O)(=O)O)cc1. The first kappa shape index (κ1) is 19.7. The van der Waals surface area contributed by atoms with Gasteiger partial charge in [0.25, 0.3) is 16.2 Å². The second kappa shape index (κ2) is 5.96. The van der Waals surface area contributed by atoms with Crippen LogP contribution in [0.4, 0.5) is 22.0 Å². The van der Waals surface area contributed by atoms with Crippen molar-refractivity contribution in [3.05, 3.63) is 29.8 Å². The summed E-state index contributed by atoms with van der Waals surface area (Å²) in [5, 5.41) is -5.93. The van der Waals surface area contributed by atoms with Crippen molar-refractivity contribution in [2.45, 2.75) is 29.4 Å². The normalized spacial score (nSPS) is 15.4. The van der Waals surface area contributed by atoms with E-state index in [4.69, 9.17) is 4.55 Å². The molecule has 0 saturated heterocycles. The molecule has 1 N–H and O–H groups in total. The van der Waals surface area contributed by atoms with Gasteiger partial charge in [0.05, 0.1) is 4.90 Å². The first-order chi connectivity index (χ1) is 10.1. The van der Waals surface area contributed by atoms with Crippen LogP contribution in [0, 0.1) is 6.92 Å². The van der Waals surface area contributed by atoms with E-state index in [-0.39, 0.29) is 0 Å². The van der Waals surface area contributed by atoms with Gasteiger partial charge in [-0.3, -0.25) is 4.55 Å². The summed E-state index contributed by atoms with van der Waals surface area (Å²) in [5.74, 6) is 0. The lowest BCUT2D eigenvalue weighted by Crippen LogP contribution is -2.52. The van der Waals surface area contributed by atoms with Crippen molar-refractivity contribution < 1.29 is 47.5 Å². The van der Waals surface area contributed by atoms with Crippen LogP contribution < -0.4 is 0 Å². The zero-order valence-corrected chi connectivity index (χ0v) is 12.7. The van der Waals surface area contributed by atoms with Gasteiger partial charge in [-0.2, -0.15) is 38.8 Å². The third-order valence-electron chi connectivity index (χ3n) is 2.48. The van der Waals surface area contributed by atoms with Crippen LogP contribution in [0.25, 0.3) is 0 Å². The van der Waals surface area contributed by atoms with Crippen LogP contribution in [-0.2, 0) is 24.4 Å². The molecule has 0 amide bonds. The highest BCUT2D eigenvalue weighted by Crippen LogP contribution is 2.39. The van der Waals surface area contributed by atoms with Crippen LogP contribution in [0.1, 0.15) is 5.56 Å². The Morgan fingerprint density at radius 1 is 1.00 bits per heavy atom. The van der Waals surface area contributed by atoms with Gasteiger partial charge in [-0.15, -0.1) is 0 Å². The van der Waals surface area contributed by atoms with E-state index in [9.17, 15) is 38.8 Å². The van der Waals surface area contributed by atoms with E-state index in [0.717, 1.165) is 24.3 Å². The smallest absolute Gasteiger partial charge is 0.281 e. The summed E-state index contributed by atoms with van der Waals surface area (Å²) in [6.07, 6.45) is -10.7. The zero-order chi connectivity index (χ0) is 18.3. The van der Waals surface area contributed by atoms with Crippen molar-refractivity contribution in [2.75, 3.05) is 0 Å². The fourth-order valence-corrected chi connectivity index (χ4v) is 2.90. The summed E-state index contributed by atoms with van der Waals surface area (Å²) >= 11 is 0. The van der Waals surface area contributed by atoms with Crippen LogP contribution in [-0.4, -0.2) is 38.9 Å². The minimum absolute atomic E-state index is 0.514. The van der Waals surface area contributed by atoms with Gasteiger partial charge in [-0.05, 0) is 19.1 Å². The van der Waals surface area contributed by atoms with E-state index in [2.05, 4.69) is 4.18 Å². The summed E-state index contributed by atoms with van der Waals surface area (Å²) in [6, 6.07) is 3.87. The van der Waals surface area contributed by atoms with E-state index in [0.29, 0.717) is 5.56 Å². The van der Waals surface area contributed by atoms with Gasteiger partial charge in [0.1, 0.15) is 0 Å². The number of hydrogen-bond acceptors (Lipinski definition) is 5. The minimum atomic E-state index is -6.59. The molecule has 6 nitrogen and oxygen atoms in total. The Kier molecular flexibility index (Phi) is 5.11. The maximum Gasteiger partial charge on any atom is 0.423 e. The second-order valence-corrected chi connectivity index (χ2v) is 7.39. The highest BCUT2D eigenvalue weighted by atomic mass is 32.2. The Bertz CT molecular complexity index is 767. The molecule has 0 saturated carbocycles. The summed E-state index contributed by atoms with van der Waals surface area (Å²) in [5.41, 5.74) is 0.514. The number of benzene rings is 1. The summed E-state index contributed by atoms with van der Waals surface area (Å²) in [6.45, 7) is 1.52. The average molecular weight is 384 g/mol. The van der Waals surface area contributed by atoms with Crippen LogP contribution >= 0.6 is 0 Å². The highest BCUT2D eigenvalue weighted by Gasteiger charge is 2.66. The first-order valence-electron chi connectivity index (χ1n) is 5.50. The number of rotatable bonds is 5. The standard InChI is InChI=1S/C10H9F5O6S2/c1-6-2-4-7(5-3-6)22(16,17)21-8(9(11,12)13)10(14,15)23(18,19)20/h2-5,8H,1H3,(H,18,19,20). The minimum Gasteiger partial charge on any atom is -0.281 e. The molecule has 0 fully saturated rings. The first-order valence-corrected chi connectivity index (χ1v) is 8.35. The molecule has 1 atom stereocenters. The molecule has 0 radical (unpaired) electrons. The van der Waals surface area contributed by atoms with Gasteiger partial charge >= 0.3 is 21.5 Å². The number of halogens is 5. The molecule has 1 aromatic rings. The monoisotopic (exact) mass is 384 g/mol. The molecule has 0 aliphatic heterocycles. The molecular weight excluding hydrogens is 375 g/mol. The molecule has 1 aromatic carbocycles. The van der Waals surface area contributed by atoms with Gasteiger partial charge in [0.15, 0.2) is 0 Å². The molecule has 0 aliphatic rings. The van der Waals surface area contributed by atoms with E-state index in [1.807, 2.05) is 0 Å². The molecule has 1 rings (SSSR count). The highest BCUT2D eigenvalue weighted by molar-refractivity contribution is 7.87. The lowest BCUT2D eigenvalue weighted by atomic mass is 10.2. The fourth-order valence-electron chi connectivity index (χ4n) is 1.32. The average Bonchev–Trinajstić information content (AvgIpc) is 2.33. The fraction of sp³-hybridized carbons (Fsp3) is 0.400. The molecule has 23 heavy (non-hydrogen) atoms. The van der Waals surface area contributed by atoms with Gasteiger partial charge < -0.3 is 0 Å². The van der Waals surface area contributed by atoms with Crippen LogP contribution in [0.2, 0.25) is 0 Å². The Morgan fingerprint density at radius 2 is 1.43 bits per heavy atom. The lowest BCUT2D eigenvalue weighted by molar-refractivity contribution is -0.237. The number of hydrogen-bond donors (Lipinski definition) is 1. The largest absolute Gasteiger partial charge is 0.423 e. The maximum atomic E-state index is 13.3. The van der Waals surface area contributed by atoms with Crippen molar-refractivity contribution >= 4 is 20.2 Å². The Hall–Kier alpha value is -1.31. The number of alkyl halides is 5. The molecule has 13 heteroatoms. The van der Waals surface area contributed by atoms with Crippen molar-refractivity contribution in [3.8, 4) is 0 Å². The molecule has 0 aromatic heterocycles. The Labute approximate surface area is 127 Å². The van der Waals surface area contributed by atoms with Gasteiger partial charge in [-0.1, -0.05) is 17.7 Å². The van der Waals surface area contributed by atoms with Crippen LogP contribution in [0.15, 0.2) is 29.2 Å². The number of aryl methyl sites for hydroxylation is 1. The zero-order valence-electron chi connectivity index (χ0n) is 11.1. The molecule has 0 heterocycles. The molecule has 1 unspecified atom stereocenters. The molecule has 0 bridgehead atoms. The predicted molar refractivity (Wildman–Crippen MR) is 65.8 cm³/mol. The topological polar surface area (TPSA) is 97.7 Å². The van der Waals surface area contributed by atoms with E-state index < -0.39 is 42.7 Å². The Morgan fingerprint density at radius 3 is 1.78 bits per heavy atom. The third-order valence-corrected chi connectivity index (χ3v) is 4.68. The van der Waals surface area contributed by atoms with E-state index in [1.165, 1.54) is 6.92 Å². The van der Waals surface area contributed by atoms with Crippen molar-refractivity contribution in [1.82, 2.24) is 0 Å². The van der Waals surface area contributed by atoms with E-state index >= 15 is 0 Å². The summed E-state index contributed by atoms with van der Waals surface area (Å²) in [4.78, 5) is -0.900. The maximum absolute atomic E-state index is 13.3. The van der Waals surface area contributed by atoms with Gasteiger partial charge in [0.2, 0.25) is 0 Å². The van der Waals surface area contributed by atoms with Crippen molar-refractivity contribution in [2.24, 2.45) is 0 Å². The van der Waals surface area contributed by atoms with Crippen molar-refractivity contribution in [3.63, 3.8) is 0 Å². The van der Waals surface area contributed by atoms with E-state index in [1.54, 1.807) is 0 Å². The van der Waals surface area contributed by atoms with Crippen LogP contribution in [0.3, 0.4) is 0 Å². The Balaban J connectivity index is 3.35. The van der Waals surface area contributed by atoms with Gasteiger partial charge in [-0.25, -0.2) is 4.18 Å². The lowest BCUT2D eigenvalue weighted by Gasteiger charge is -2.25. The quantitative estimate of drug-likeness (QED) is 0.474. The molecule has 0 aliphatic carbocycles. The van der Waals surface area contributed by atoms with Crippen molar-refractivity contribution in [1.29, 1.82) is 0 Å². The van der Waals surface area contributed by atoms with Crippen LogP contribution in [0.5, 0.6) is 0 Å². The van der Waals surface area contributed by atoms with Gasteiger partial charge in [0, 0.05) is 0 Å². The predicted octanol–water partition coefficient (Wildman–Crippen LogP) is 2.11. The third kappa shape index (κ3) is 4.37. The molecule has 132 valence electrons. The molecular formula is C10H9F5O6S2. The summed E-state index contributed by atoms with van der Waals surface area (Å²) in [7, 11) is -12.0. The summed E-state index contributed by atoms with van der Waals surface area (Å²) < 4.78 is 120. The molecule has 0 spiro atoms.